The monoisotopic (exact) mass is 365 g/mol. The van der Waals surface area contributed by atoms with E-state index in [9.17, 15) is 4.79 Å². The normalized spacial score (nSPS) is 17.2. The van der Waals surface area contributed by atoms with E-state index in [0.29, 0.717) is 12.3 Å². The molecule has 1 atom stereocenters. The van der Waals surface area contributed by atoms with Crippen LogP contribution in [0.5, 0.6) is 0 Å². The molecule has 3 aromatic rings. The highest BCUT2D eigenvalue weighted by atomic mass is 16.5. The Bertz CT molecular complexity index is 902. The number of amides is 1. The lowest BCUT2D eigenvalue weighted by molar-refractivity contribution is 0.0661. The van der Waals surface area contributed by atoms with Crippen LogP contribution in [0.2, 0.25) is 0 Å². The summed E-state index contributed by atoms with van der Waals surface area (Å²) in [7, 11) is 0. The molecule has 7 nitrogen and oxygen atoms in total. The molecule has 7 heteroatoms. The highest BCUT2D eigenvalue weighted by Gasteiger charge is 2.29. The van der Waals surface area contributed by atoms with Gasteiger partial charge in [0, 0.05) is 49.9 Å². The number of rotatable bonds is 5. The van der Waals surface area contributed by atoms with Crippen molar-refractivity contribution in [3.8, 4) is 0 Å². The molecular formula is C20H23N5O2. The van der Waals surface area contributed by atoms with Crippen LogP contribution in [0.15, 0.2) is 47.5 Å². The maximum Gasteiger partial charge on any atom is 0.292 e. The van der Waals surface area contributed by atoms with Crippen molar-refractivity contribution in [3.63, 3.8) is 0 Å². The highest BCUT2D eigenvalue weighted by molar-refractivity contribution is 5.91. The Labute approximate surface area is 158 Å². The first-order valence-corrected chi connectivity index (χ1v) is 9.39. The first-order chi connectivity index (χ1) is 13.2. The number of aryl methyl sites for hydroxylation is 1. The van der Waals surface area contributed by atoms with Gasteiger partial charge in [0.05, 0.1) is 12.2 Å². The first kappa shape index (κ1) is 17.5. The molecule has 0 aliphatic carbocycles. The number of imidazole rings is 1. The van der Waals surface area contributed by atoms with Crippen molar-refractivity contribution in [3.05, 3.63) is 65.8 Å². The highest BCUT2D eigenvalue weighted by Crippen LogP contribution is 2.27. The van der Waals surface area contributed by atoms with E-state index in [1.54, 1.807) is 12.3 Å². The number of aromatic nitrogens is 4. The van der Waals surface area contributed by atoms with Gasteiger partial charge in [0.15, 0.2) is 0 Å². The van der Waals surface area contributed by atoms with Crippen LogP contribution in [0.4, 0.5) is 0 Å². The minimum absolute atomic E-state index is 0.0859. The summed E-state index contributed by atoms with van der Waals surface area (Å²) >= 11 is 0. The van der Waals surface area contributed by atoms with Gasteiger partial charge in [-0.1, -0.05) is 18.1 Å². The van der Waals surface area contributed by atoms with Crippen molar-refractivity contribution < 1.29 is 9.32 Å². The Balaban J connectivity index is 1.49. The summed E-state index contributed by atoms with van der Waals surface area (Å²) in [5.41, 5.74) is 1.94. The molecule has 1 amide bonds. The summed E-state index contributed by atoms with van der Waals surface area (Å²) < 4.78 is 7.38. The molecule has 1 aliphatic rings. The first-order valence-electron chi connectivity index (χ1n) is 9.39. The molecule has 1 saturated heterocycles. The fourth-order valence-corrected chi connectivity index (χ4v) is 3.61. The van der Waals surface area contributed by atoms with Crippen LogP contribution in [0.25, 0.3) is 0 Å². The molecule has 1 aliphatic heterocycles. The van der Waals surface area contributed by atoms with Gasteiger partial charge in [0.1, 0.15) is 5.82 Å². The van der Waals surface area contributed by atoms with E-state index in [2.05, 4.69) is 25.8 Å². The summed E-state index contributed by atoms with van der Waals surface area (Å²) in [6, 6.07) is 5.74. The van der Waals surface area contributed by atoms with Crippen LogP contribution in [0.3, 0.4) is 0 Å². The molecular weight excluding hydrogens is 342 g/mol. The Morgan fingerprint density at radius 3 is 3.07 bits per heavy atom. The van der Waals surface area contributed by atoms with Gasteiger partial charge >= 0.3 is 0 Å². The zero-order valence-electron chi connectivity index (χ0n) is 15.4. The fourth-order valence-electron chi connectivity index (χ4n) is 3.61. The standard InChI is InChI=1S/C20H23N5O2/c1-2-17-11-18(27-23-17)20(26)25-9-4-6-16(14-25)19-22-8-10-24(19)13-15-5-3-7-21-12-15/h3,5,7-8,10-12,16H,2,4,6,9,13-14H2,1H3. The van der Waals surface area contributed by atoms with Crippen LogP contribution >= 0.6 is 0 Å². The Morgan fingerprint density at radius 2 is 2.30 bits per heavy atom. The molecule has 0 N–H and O–H groups in total. The topological polar surface area (TPSA) is 77.0 Å². The SMILES string of the molecule is CCc1cc(C(=O)N2CCCC(c3nccn3Cc3cccnc3)C2)on1. The van der Waals surface area contributed by atoms with E-state index >= 15 is 0 Å². The molecule has 0 aromatic carbocycles. The molecule has 0 spiro atoms. The summed E-state index contributed by atoms with van der Waals surface area (Å²) in [5, 5.41) is 3.94. The summed E-state index contributed by atoms with van der Waals surface area (Å²) in [6.07, 6.45) is 10.2. The predicted octanol–water partition coefficient (Wildman–Crippen LogP) is 2.90. The fraction of sp³-hybridized carbons (Fsp3) is 0.400. The maximum atomic E-state index is 12.8. The van der Waals surface area contributed by atoms with Gasteiger partial charge in [-0.05, 0) is 30.9 Å². The summed E-state index contributed by atoms with van der Waals surface area (Å²) in [4.78, 5) is 23.4. The van der Waals surface area contributed by atoms with Gasteiger partial charge in [-0.3, -0.25) is 9.78 Å². The molecule has 4 heterocycles. The number of nitrogens with zero attached hydrogens (tertiary/aromatic N) is 5. The second-order valence-electron chi connectivity index (χ2n) is 6.90. The van der Waals surface area contributed by atoms with Crippen LogP contribution in [-0.2, 0) is 13.0 Å². The van der Waals surface area contributed by atoms with Gasteiger partial charge < -0.3 is 14.0 Å². The van der Waals surface area contributed by atoms with Gasteiger partial charge in [-0.15, -0.1) is 0 Å². The number of piperidine rings is 1. The number of pyridine rings is 1. The third-order valence-corrected chi connectivity index (χ3v) is 5.03. The number of hydrogen-bond donors (Lipinski definition) is 0. The largest absolute Gasteiger partial charge is 0.351 e. The molecule has 0 bridgehead atoms. The van der Waals surface area contributed by atoms with Crippen molar-refractivity contribution in [2.75, 3.05) is 13.1 Å². The average molecular weight is 365 g/mol. The number of carbonyl (C=O) groups excluding carboxylic acids is 1. The third kappa shape index (κ3) is 3.77. The lowest BCUT2D eigenvalue weighted by Gasteiger charge is -2.32. The molecule has 4 rings (SSSR count). The molecule has 140 valence electrons. The third-order valence-electron chi connectivity index (χ3n) is 5.03. The van der Waals surface area contributed by atoms with Gasteiger partial charge in [-0.2, -0.15) is 0 Å². The minimum atomic E-state index is -0.0859. The molecule has 0 radical (unpaired) electrons. The lowest BCUT2D eigenvalue weighted by atomic mass is 9.96. The summed E-state index contributed by atoms with van der Waals surface area (Å²) in [5.74, 6) is 1.47. The Morgan fingerprint density at radius 1 is 1.37 bits per heavy atom. The molecule has 1 fully saturated rings. The van der Waals surface area contributed by atoms with Crippen LogP contribution < -0.4 is 0 Å². The van der Waals surface area contributed by atoms with Crippen molar-refractivity contribution >= 4 is 5.91 Å². The zero-order chi connectivity index (χ0) is 18.6. The number of hydrogen-bond acceptors (Lipinski definition) is 5. The summed E-state index contributed by atoms with van der Waals surface area (Å²) in [6.45, 7) is 4.10. The molecule has 1 unspecified atom stereocenters. The van der Waals surface area contributed by atoms with Crippen molar-refractivity contribution in [1.82, 2.24) is 24.6 Å². The van der Waals surface area contributed by atoms with Gasteiger partial charge in [0.2, 0.25) is 5.76 Å². The van der Waals surface area contributed by atoms with Gasteiger partial charge in [0.25, 0.3) is 5.91 Å². The Hall–Kier alpha value is -2.96. The van der Waals surface area contributed by atoms with Crippen LogP contribution in [0.1, 0.15) is 53.3 Å². The van der Waals surface area contributed by atoms with E-state index in [-0.39, 0.29) is 11.8 Å². The Kier molecular flexibility index (Phi) is 5.00. The second-order valence-corrected chi connectivity index (χ2v) is 6.90. The minimum Gasteiger partial charge on any atom is -0.351 e. The van der Waals surface area contributed by atoms with Gasteiger partial charge in [-0.25, -0.2) is 4.98 Å². The molecule has 27 heavy (non-hydrogen) atoms. The molecule has 0 saturated carbocycles. The zero-order valence-corrected chi connectivity index (χ0v) is 15.4. The van der Waals surface area contributed by atoms with Crippen molar-refractivity contribution in [2.24, 2.45) is 0 Å². The van der Waals surface area contributed by atoms with Crippen LogP contribution in [-0.4, -0.2) is 43.6 Å². The van der Waals surface area contributed by atoms with E-state index in [0.717, 1.165) is 49.4 Å². The number of carbonyl (C=O) groups is 1. The van der Waals surface area contributed by atoms with E-state index < -0.39 is 0 Å². The van der Waals surface area contributed by atoms with E-state index in [1.165, 1.54) is 0 Å². The molecule has 3 aromatic heterocycles. The van der Waals surface area contributed by atoms with Crippen molar-refractivity contribution in [2.45, 2.75) is 38.6 Å². The average Bonchev–Trinajstić information content (AvgIpc) is 3.38. The van der Waals surface area contributed by atoms with E-state index in [1.807, 2.05) is 36.5 Å². The van der Waals surface area contributed by atoms with Crippen molar-refractivity contribution in [1.29, 1.82) is 0 Å². The second kappa shape index (κ2) is 7.73. The smallest absolute Gasteiger partial charge is 0.292 e. The predicted molar refractivity (Wildman–Crippen MR) is 99.3 cm³/mol. The maximum absolute atomic E-state index is 12.8. The van der Waals surface area contributed by atoms with Crippen LogP contribution in [0, 0.1) is 0 Å². The lowest BCUT2D eigenvalue weighted by Crippen LogP contribution is -2.39. The number of likely N-dealkylation sites (tertiary alicyclic amines) is 1. The van der Waals surface area contributed by atoms with E-state index in [4.69, 9.17) is 4.52 Å². The quantitative estimate of drug-likeness (QED) is 0.695.